The Hall–Kier alpha value is -0.410. The molecule has 0 heterocycles. The molecule has 0 aromatic carbocycles. The van der Waals surface area contributed by atoms with E-state index in [-0.39, 0.29) is 17.7 Å². The van der Waals surface area contributed by atoms with Crippen LogP contribution in [0.2, 0.25) is 0 Å². The van der Waals surface area contributed by atoms with Crippen LogP contribution in [0.4, 0.5) is 0 Å². The largest absolute Gasteiger partial charge is 0.412 e. The first kappa shape index (κ1) is 11.4. The highest BCUT2D eigenvalue weighted by Gasteiger charge is 2.13. The van der Waals surface area contributed by atoms with Crippen LogP contribution in [0, 0.1) is 0 Å². The quantitative estimate of drug-likeness (QED) is 0.573. The summed E-state index contributed by atoms with van der Waals surface area (Å²) in [7, 11) is 0. The van der Waals surface area contributed by atoms with E-state index in [1.54, 1.807) is 13.8 Å². The summed E-state index contributed by atoms with van der Waals surface area (Å²) in [4.78, 5) is 10.3. The van der Waals surface area contributed by atoms with Crippen molar-refractivity contribution in [2.24, 2.45) is 0 Å². The maximum absolute atomic E-state index is 10.3. The van der Waals surface area contributed by atoms with E-state index in [4.69, 9.17) is 5.11 Å². The first-order valence-corrected chi connectivity index (χ1v) is 2.63. The topological polar surface area (TPSA) is 68.8 Å². The fraction of sp³-hybridized carbons (Fsp3) is 0.833. The molecule has 0 atom stereocenters. The van der Waals surface area contributed by atoms with Crippen molar-refractivity contribution in [1.29, 1.82) is 0 Å². The van der Waals surface area contributed by atoms with E-state index in [0.29, 0.717) is 0 Å². The van der Waals surface area contributed by atoms with E-state index in [1.165, 1.54) is 6.92 Å². The molecule has 0 aromatic rings. The third-order valence-electron chi connectivity index (χ3n) is 0.682. The summed E-state index contributed by atoms with van der Waals surface area (Å²) in [5.41, 5.74) is -0.828. The van der Waals surface area contributed by atoms with Crippen LogP contribution in [0.3, 0.4) is 0 Å². The summed E-state index contributed by atoms with van der Waals surface area (Å²) in [6.07, 6.45) is 0.243. The van der Waals surface area contributed by atoms with Gasteiger partial charge in [-0.3, -0.25) is 4.79 Å². The molecule has 3 heteroatoms. The van der Waals surface area contributed by atoms with E-state index in [9.17, 15) is 4.79 Å². The molecule has 9 heavy (non-hydrogen) atoms. The number of rotatable bonds is 2. The molecule has 0 bridgehead atoms. The lowest BCUT2D eigenvalue weighted by Crippen LogP contribution is -2.21. The molecule has 0 amide bonds. The molecule has 3 nitrogen and oxygen atoms in total. The van der Waals surface area contributed by atoms with Crippen molar-refractivity contribution in [3.05, 3.63) is 0 Å². The maximum Gasteiger partial charge on any atom is 0.132 e. The zero-order valence-corrected chi connectivity index (χ0v) is 6.06. The second kappa shape index (κ2) is 3.58. The van der Waals surface area contributed by atoms with Gasteiger partial charge in [0.05, 0.1) is 5.60 Å². The van der Waals surface area contributed by atoms with Gasteiger partial charge in [-0.2, -0.15) is 0 Å². The van der Waals surface area contributed by atoms with Crippen LogP contribution >= 0.6 is 0 Å². The van der Waals surface area contributed by atoms with Crippen LogP contribution in [0.15, 0.2) is 0 Å². The van der Waals surface area contributed by atoms with Gasteiger partial charge in [-0.1, -0.05) is 0 Å². The predicted octanol–water partition coefficient (Wildman–Crippen LogP) is -0.0883. The summed E-state index contributed by atoms with van der Waals surface area (Å²) in [6.45, 7) is 4.71. The third kappa shape index (κ3) is 11.3. The first-order valence-electron chi connectivity index (χ1n) is 2.63. The summed E-state index contributed by atoms with van der Waals surface area (Å²) in [5, 5.41) is 8.97. The monoisotopic (exact) mass is 134 g/mol. The van der Waals surface area contributed by atoms with Crippen molar-refractivity contribution in [3.8, 4) is 0 Å². The highest BCUT2D eigenvalue weighted by atomic mass is 16.3. The van der Waals surface area contributed by atoms with Gasteiger partial charge in [0.25, 0.3) is 0 Å². The number of carbonyl (C=O) groups is 1. The zero-order valence-electron chi connectivity index (χ0n) is 6.06. The average molecular weight is 134 g/mol. The van der Waals surface area contributed by atoms with E-state index in [1.807, 2.05) is 0 Å². The van der Waals surface area contributed by atoms with Gasteiger partial charge < -0.3 is 10.6 Å². The van der Waals surface area contributed by atoms with Crippen molar-refractivity contribution in [2.75, 3.05) is 0 Å². The maximum atomic E-state index is 10.3. The van der Waals surface area contributed by atoms with Crippen molar-refractivity contribution in [2.45, 2.75) is 32.8 Å². The molecule has 0 spiro atoms. The number of hydrogen-bond acceptors (Lipinski definition) is 2. The van der Waals surface area contributed by atoms with Gasteiger partial charge in [-0.05, 0) is 20.8 Å². The lowest BCUT2D eigenvalue weighted by atomic mass is 10.0. The van der Waals surface area contributed by atoms with E-state index in [0.717, 1.165) is 0 Å². The molecule has 56 valence electrons. The van der Waals surface area contributed by atoms with Gasteiger partial charge in [-0.15, -0.1) is 0 Å². The summed E-state index contributed by atoms with van der Waals surface area (Å²) in [6, 6.07) is 0. The number of ketones is 1. The van der Waals surface area contributed by atoms with Gasteiger partial charge in [0.15, 0.2) is 0 Å². The number of carbonyl (C=O) groups excluding carboxylic acids is 1. The Bertz CT molecular complexity index is 91.0. The lowest BCUT2D eigenvalue weighted by molar-refractivity contribution is -0.120. The molecule has 0 aromatic heterocycles. The Balaban J connectivity index is 0. The molecule has 0 aliphatic rings. The molecule has 0 unspecified atom stereocenters. The van der Waals surface area contributed by atoms with Crippen molar-refractivity contribution >= 4 is 5.78 Å². The highest BCUT2D eigenvalue weighted by Crippen LogP contribution is 2.06. The molecule has 0 saturated carbocycles. The normalized spacial score (nSPS) is 10.2. The molecule has 0 fully saturated rings. The fourth-order valence-electron chi connectivity index (χ4n) is 0.609. The number of hydrogen-bond donors (Lipinski definition) is 1. The van der Waals surface area contributed by atoms with Crippen LogP contribution in [0.1, 0.15) is 27.2 Å². The minimum atomic E-state index is -0.828. The summed E-state index contributed by atoms with van der Waals surface area (Å²) in [5.74, 6) is 0.0255. The van der Waals surface area contributed by atoms with Gasteiger partial charge in [0.1, 0.15) is 5.78 Å². The Labute approximate surface area is 55.0 Å². The molecule has 0 aliphatic heterocycles. The highest BCUT2D eigenvalue weighted by molar-refractivity contribution is 5.76. The Kier molecular flexibility index (Phi) is 4.54. The van der Waals surface area contributed by atoms with Gasteiger partial charge in [-0.25, -0.2) is 0 Å². The van der Waals surface area contributed by atoms with Crippen LogP contribution in [0.25, 0.3) is 0 Å². The number of Topliss-reactive ketones (excluding diaryl/α,β-unsaturated/α-hetero) is 1. The smallest absolute Gasteiger partial charge is 0.132 e. The standard InChI is InChI=1S/C6H12O2.H2O/c1-5(7)4-6(2,3)8;/h8H,4H2,1-3H3;1H2. The minimum Gasteiger partial charge on any atom is -0.412 e. The summed E-state index contributed by atoms with van der Waals surface area (Å²) < 4.78 is 0. The summed E-state index contributed by atoms with van der Waals surface area (Å²) >= 11 is 0. The van der Waals surface area contributed by atoms with Crippen molar-refractivity contribution in [3.63, 3.8) is 0 Å². The van der Waals surface area contributed by atoms with Crippen molar-refractivity contribution < 1.29 is 15.4 Å². The van der Waals surface area contributed by atoms with Crippen molar-refractivity contribution in [1.82, 2.24) is 0 Å². The first-order chi connectivity index (χ1) is 3.42. The van der Waals surface area contributed by atoms with Crippen LogP contribution in [-0.2, 0) is 4.79 Å². The minimum absolute atomic E-state index is 0. The second-order valence-electron chi connectivity index (χ2n) is 2.69. The second-order valence-corrected chi connectivity index (χ2v) is 2.69. The third-order valence-corrected chi connectivity index (χ3v) is 0.682. The SMILES string of the molecule is CC(=O)CC(C)(C)O.O. The molecule has 3 N–H and O–H groups in total. The van der Waals surface area contributed by atoms with Crippen LogP contribution in [0.5, 0.6) is 0 Å². The van der Waals surface area contributed by atoms with Gasteiger partial charge in [0, 0.05) is 6.42 Å². The van der Waals surface area contributed by atoms with E-state index >= 15 is 0 Å². The molecule has 0 rings (SSSR count). The molecule has 0 aliphatic carbocycles. The predicted molar refractivity (Wildman–Crippen MR) is 35.2 cm³/mol. The Morgan fingerprint density at radius 2 is 1.89 bits per heavy atom. The van der Waals surface area contributed by atoms with Crippen LogP contribution in [-0.4, -0.2) is 22.0 Å². The molecule has 0 radical (unpaired) electrons. The molecular formula is C6H14O3. The van der Waals surface area contributed by atoms with Gasteiger partial charge >= 0.3 is 0 Å². The average Bonchev–Trinajstić information content (AvgIpc) is 1.21. The van der Waals surface area contributed by atoms with Gasteiger partial charge in [0.2, 0.25) is 0 Å². The zero-order chi connectivity index (χ0) is 6.78. The molecular weight excluding hydrogens is 120 g/mol. The van der Waals surface area contributed by atoms with E-state index < -0.39 is 5.60 Å². The fourth-order valence-corrected chi connectivity index (χ4v) is 0.609. The number of aliphatic hydroxyl groups is 1. The Morgan fingerprint density at radius 3 is 1.89 bits per heavy atom. The lowest BCUT2D eigenvalue weighted by Gasteiger charge is -2.13. The van der Waals surface area contributed by atoms with E-state index in [2.05, 4.69) is 0 Å². The van der Waals surface area contributed by atoms with Crippen LogP contribution < -0.4 is 0 Å². The Morgan fingerprint density at radius 1 is 1.56 bits per heavy atom. The molecule has 0 saturated heterocycles.